The first-order valence-corrected chi connectivity index (χ1v) is 10.5. The first-order valence-electron chi connectivity index (χ1n) is 9.70. The number of carbonyl (C=O) groups is 1. The van der Waals surface area contributed by atoms with Crippen molar-refractivity contribution in [1.82, 2.24) is 4.90 Å². The van der Waals surface area contributed by atoms with Crippen LogP contribution in [0.25, 0.3) is 10.1 Å². The molecule has 27 heavy (non-hydrogen) atoms. The molecule has 3 nitrogen and oxygen atoms in total. The molecule has 0 saturated carbocycles. The van der Waals surface area contributed by atoms with Crippen LogP contribution in [0.5, 0.6) is 0 Å². The first-order chi connectivity index (χ1) is 13.2. The van der Waals surface area contributed by atoms with Crippen LogP contribution in [0.15, 0.2) is 54.6 Å². The third-order valence-corrected chi connectivity index (χ3v) is 6.75. The smallest absolute Gasteiger partial charge is 0.307 e. The Bertz CT molecular complexity index is 898. The van der Waals surface area contributed by atoms with Crippen LogP contribution in [-0.4, -0.2) is 29.1 Å². The summed E-state index contributed by atoms with van der Waals surface area (Å²) < 4.78 is 1.29. The number of aliphatic carboxylic acids is 1. The molecule has 3 aromatic rings. The van der Waals surface area contributed by atoms with Crippen LogP contribution in [0, 0.1) is 5.92 Å². The molecular formula is C23H25NO2S. The van der Waals surface area contributed by atoms with E-state index < -0.39 is 5.97 Å². The van der Waals surface area contributed by atoms with Gasteiger partial charge in [-0.05, 0) is 54.5 Å². The molecule has 0 spiro atoms. The summed E-state index contributed by atoms with van der Waals surface area (Å²) >= 11 is 1.82. The first kappa shape index (κ1) is 18.2. The molecule has 1 aliphatic rings. The number of nitrogens with zero attached hydrogens (tertiary/aromatic N) is 1. The average Bonchev–Trinajstić information content (AvgIpc) is 3.12. The average molecular weight is 380 g/mol. The van der Waals surface area contributed by atoms with E-state index in [1.807, 2.05) is 11.3 Å². The van der Waals surface area contributed by atoms with Gasteiger partial charge in [-0.25, -0.2) is 0 Å². The van der Waals surface area contributed by atoms with E-state index in [1.165, 1.54) is 26.1 Å². The number of thiophene rings is 1. The number of piperidine rings is 1. The van der Waals surface area contributed by atoms with Crippen molar-refractivity contribution in [3.8, 4) is 0 Å². The van der Waals surface area contributed by atoms with E-state index in [9.17, 15) is 9.90 Å². The number of carboxylic acid groups (broad SMARTS) is 1. The van der Waals surface area contributed by atoms with Crippen molar-refractivity contribution in [2.45, 2.75) is 32.2 Å². The van der Waals surface area contributed by atoms with E-state index in [0.29, 0.717) is 6.54 Å². The molecule has 1 aromatic heterocycles. The van der Waals surface area contributed by atoms with Crippen molar-refractivity contribution < 1.29 is 9.90 Å². The Hall–Kier alpha value is -2.17. The van der Waals surface area contributed by atoms with Gasteiger partial charge in [0.05, 0.1) is 12.0 Å². The minimum absolute atomic E-state index is 0.121. The molecule has 1 aliphatic heterocycles. The van der Waals surface area contributed by atoms with Gasteiger partial charge < -0.3 is 5.11 Å². The van der Waals surface area contributed by atoms with Crippen molar-refractivity contribution in [2.75, 3.05) is 13.1 Å². The summed E-state index contributed by atoms with van der Waals surface area (Å²) in [5, 5.41) is 10.8. The van der Waals surface area contributed by atoms with Gasteiger partial charge in [0.15, 0.2) is 0 Å². The van der Waals surface area contributed by atoms with Crippen LogP contribution in [0.1, 0.15) is 41.8 Å². The van der Waals surface area contributed by atoms with Gasteiger partial charge >= 0.3 is 5.97 Å². The molecule has 140 valence electrons. The number of carboxylic acids is 1. The lowest BCUT2D eigenvalue weighted by Gasteiger charge is -2.37. The zero-order valence-electron chi connectivity index (χ0n) is 15.6. The second-order valence-corrected chi connectivity index (χ2v) is 8.47. The second kappa shape index (κ2) is 7.83. The number of rotatable bonds is 5. The second-order valence-electron chi connectivity index (χ2n) is 7.36. The summed E-state index contributed by atoms with van der Waals surface area (Å²) in [6, 6.07) is 19.7. The van der Waals surface area contributed by atoms with Gasteiger partial charge in [0, 0.05) is 16.1 Å². The zero-order chi connectivity index (χ0) is 18.8. The highest BCUT2D eigenvalue weighted by Gasteiger charge is 2.32. The topological polar surface area (TPSA) is 40.5 Å². The molecule has 4 rings (SSSR count). The number of hydrogen-bond donors (Lipinski definition) is 1. The lowest BCUT2D eigenvalue weighted by Crippen LogP contribution is -2.41. The molecule has 0 amide bonds. The number of fused-ring (bicyclic) bond motifs is 1. The fourth-order valence-corrected chi connectivity index (χ4v) is 5.30. The van der Waals surface area contributed by atoms with Gasteiger partial charge in [0.1, 0.15) is 0 Å². The van der Waals surface area contributed by atoms with Crippen molar-refractivity contribution >= 4 is 27.4 Å². The van der Waals surface area contributed by atoms with Gasteiger partial charge in [-0.1, -0.05) is 49.4 Å². The van der Waals surface area contributed by atoms with Gasteiger partial charge in [-0.2, -0.15) is 0 Å². The Balaban J connectivity index is 1.75. The fraction of sp³-hybridized carbons (Fsp3) is 0.348. The van der Waals surface area contributed by atoms with Gasteiger partial charge in [0.25, 0.3) is 0 Å². The summed E-state index contributed by atoms with van der Waals surface area (Å²) in [6.07, 6.45) is 2.74. The van der Waals surface area contributed by atoms with Gasteiger partial charge in [0.2, 0.25) is 0 Å². The molecule has 0 aliphatic carbocycles. The summed E-state index contributed by atoms with van der Waals surface area (Å²) in [5.74, 6) is -0.943. The quantitative estimate of drug-likeness (QED) is 0.650. The third-order valence-electron chi connectivity index (χ3n) is 5.58. The number of hydrogen-bond acceptors (Lipinski definition) is 3. The van der Waals surface area contributed by atoms with Gasteiger partial charge in [-0.15, -0.1) is 11.3 Å². The van der Waals surface area contributed by atoms with Crippen LogP contribution in [0.2, 0.25) is 0 Å². The van der Waals surface area contributed by atoms with E-state index >= 15 is 0 Å². The highest BCUT2D eigenvalue weighted by Crippen LogP contribution is 2.38. The van der Waals surface area contributed by atoms with Crippen molar-refractivity contribution in [2.24, 2.45) is 5.92 Å². The van der Waals surface area contributed by atoms with Crippen LogP contribution in [0.4, 0.5) is 0 Å². The lowest BCUT2D eigenvalue weighted by molar-refractivity contribution is -0.143. The van der Waals surface area contributed by atoms with Gasteiger partial charge in [-0.3, -0.25) is 9.69 Å². The standard InChI is InChI=1S/C23H25NO2S/c1-2-16-9-11-17(12-10-16)22(24-13-5-7-19(15-24)23(25)26)21-14-18-6-3-4-8-20(18)27-21/h3-4,6,8-12,14,19,22H,2,5,7,13,15H2,1H3,(H,25,26). The highest BCUT2D eigenvalue weighted by atomic mass is 32.1. The van der Waals surface area contributed by atoms with Crippen molar-refractivity contribution in [1.29, 1.82) is 0 Å². The van der Waals surface area contributed by atoms with E-state index in [-0.39, 0.29) is 12.0 Å². The normalized spacial score (nSPS) is 19.2. The predicted octanol–water partition coefficient (Wildman–Crippen LogP) is 5.35. The summed E-state index contributed by atoms with van der Waals surface area (Å²) in [4.78, 5) is 15.3. The minimum atomic E-state index is -0.670. The molecular weight excluding hydrogens is 354 g/mol. The SMILES string of the molecule is CCc1ccc(C(c2cc3ccccc3s2)N2CCCC(C(=O)O)C2)cc1. The molecule has 1 N–H and O–H groups in total. The predicted molar refractivity (Wildman–Crippen MR) is 111 cm³/mol. The van der Waals surface area contributed by atoms with Crippen molar-refractivity contribution in [3.05, 3.63) is 70.6 Å². The number of benzene rings is 2. The van der Waals surface area contributed by atoms with E-state index in [0.717, 1.165) is 25.8 Å². The monoisotopic (exact) mass is 379 g/mol. The van der Waals surface area contributed by atoms with E-state index in [2.05, 4.69) is 66.4 Å². The molecule has 1 fully saturated rings. The molecule has 2 heterocycles. The maximum Gasteiger partial charge on any atom is 0.307 e. The number of aryl methyl sites for hydroxylation is 1. The molecule has 4 heteroatoms. The summed E-state index contributed by atoms with van der Waals surface area (Å²) in [5.41, 5.74) is 2.58. The Morgan fingerprint density at radius 2 is 2.00 bits per heavy atom. The number of likely N-dealkylation sites (tertiary alicyclic amines) is 1. The van der Waals surface area contributed by atoms with Crippen LogP contribution < -0.4 is 0 Å². The zero-order valence-corrected chi connectivity index (χ0v) is 16.4. The third kappa shape index (κ3) is 3.78. The Morgan fingerprint density at radius 1 is 1.22 bits per heavy atom. The molecule has 0 radical (unpaired) electrons. The van der Waals surface area contributed by atoms with E-state index in [4.69, 9.17) is 0 Å². The molecule has 2 atom stereocenters. The molecule has 2 unspecified atom stereocenters. The van der Waals surface area contributed by atoms with Crippen molar-refractivity contribution in [3.63, 3.8) is 0 Å². The molecule has 0 bridgehead atoms. The largest absolute Gasteiger partial charge is 0.481 e. The summed E-state index contributed by atoms with van der Waals surface area (Å²) in [6.45, 7) is 3.72. The Kier molecular flexibility index (Phi) is 5.28. The van der Waals surface area contributed by atoms with Crippen LogP contribution >= 0.6 is 11.3 Å². The maximum absolute atomic E-state index is 11.6. The summed E-state index contributed by atoms with van der Waals surface area (Å²) in [7, 11) is 0. The van der Waals surface area contributed by atoms with Crippen LogP contribution in [0.3, 0.4) is 0 Å². The van der Waals surface area contributed by atoms with E-state index in [1.54, 1.807) is 0 Å². The fourth-order valence-electron chi connectivity index (χ4n) is 4.07. The molecule has 1 saturated heterocycles. The highest BCUT2D eigenvalue weighted by molar-refractivity contribution is 7.19. The van der Waals surface area contributed by atoms with Crippen LogP contribution in [-0.2, 0) is 11.2 Å². The minimum Gasteiger partial charge on any atom is -0.481 e. The Morgan fingerprint density at radius 3 is 2.70 bits per heavy atom. The Labute approximate surface area is 164 Å². The lowest BCUT2D eigenvalue weighted by atomic mass is 9.93. The maximum atomic E-state index is 11.6. The molecule has 2 aromatic carbocycles.